The molecule has 0 atom stereocenters. The number of nitrogens with zero attached hydrogens (tertiary/aromatic N) is 4. The molecule has 11 heteroatoms. The number of hydrogen-bond donors (Lipinski definition) is 3. The van der Waals surface area contributed by atoms with E-state index in [1.807, 2.05) is 4.90 Å². The Morgan fingerprint density at radius 1 is 1.00 bits per heavy atom. The van der Waals surface area contributed by atoms with Crippen LogP contribution in [-0.4, -0.2) is 55.1 Å². The minimum atomic E-state index is -4.84. The van der Waals surface area contributed by atoms with Gasteiger partial charge in [-0.05, 0) is 24.3 Å². The summed E-state index contributed by atoms with van der Waals surface area (Å²) in [6.45, 7) is 0.631. The number of anilines is 1. The Labute approximate surface area is 141 Å². The molecule has 1 heterocycles. The fraction of sp³-hybridized carbons (Fsp3) is 0.357. The molecule has 0 spiro atoms. The van der Waals surface area contributed by atoms with Crippen LogP contribution in [0.1, 0.15) is 0 Å². The summed E-state index contributed by atoms with van der Waals surface area (Å²) in [5.41, 5.74) is 17.2. The summed E-state index contributed by atoms with van der Waals surface area (Å²) in [4.78, 5) is 21.5. The van der Waals surface area contributed by atoms with Crippen molar-refractivity contribution in [3.63, 3.8) is 0 Å². The predicted octanol–water partition coefficient (Wildman–Crippen LogP) is 0.117. The number of piperazine rings is 1. The van der Waals surface area contributed by atoms with E-state index in [1.165, 1.54) is 0 Å². The lowest BCUT2D eigenvalue weighted by Crippen LogP contribution is -2.52. The first kappa shape index (κ1) is 18.4. The molecule has 1 amide bonds. The largest absolute Gasteiger partial charge is 0.471 e. The van der Waals surface area contributed by atoms with Gasteiger partial charge in [0.2, 0.25) is 5.96 Å². The lowest BCUT2D eigenvalue weighted by molar-refractivity contribution is -0.185. The number of carbonyl (C=O) groups is 1. The van der Waals surface area contributed by atoms with Crippen molar-refractivity contribution in [2.24, 2.45) is 27.2 Å². The highest BCUT2D eigenvalue weighted by Crippen LogP contribution is 2.23. The van der Waals surface area contributed by atoms with Crippen LogP contribution in [-0.2, 0) is 4.79 Å². The molecule has 1 aromatic rings. The summed E-state index contributed by atoms with van der Waals surface area (Å²) < 4.78 is 37.3. The third-order valence-corrected chi connectivity index (χ3v) is 3.51. The predicted molar refractivity (Wildman–Crippen MR) is 88.4 cm³/mol. The lowest BCUT2D eigenvalue weighted by atomic mass is 10.2. The zero-order valence-electron chi connectivity index (χ0n) is 13.2. The quantitative estimate of drug-likeness (QED) is 0.512. The van der Waals surface area contributed by atoms with E-state index in [4.69, 9.17) is 17.2 Å². The molecular weight excluding hydrogens is 339 g/mol. The highest BCUT2D eigenvalue weighted by Gasteiger charge is 2.43. The van der Waals surface area contributed by atoms with E-state index in [0.29, 0.717) is 18.8 Å². The van der Waals surface area contributed by atoms with Crippen molar-refractivity contribution in [3.8, 4) is 0 Å². The molecule has 1 aliphatic heterocycles. The number of alkyl halides is 3. The molecule has 1 aliphatic rings. The SMILES string of the molecule is NC(N)=NC(N)=Nc1ccc(N2CCN(C(=O)C(F)(F)F)CC2)cc1. The molecular formula is C14H18F3N7O. The average Bonchev–Trinajstić information content (AvgIpc) is 2.53. The van der Waals surface area contributed by atoms with E-state index >= 15 is 0 Å². The minimum absolute atomic E-state index is 0.00961. The fourth-order valence-electron chi connectivity index (χ4n) is 2.37. The molecule has 0 unspecified atom stereocenters. The molecule has 8 nitrogen and oxygen atoms in total. The highest BCUT2D eigenvalue weighted by molar-refractivity contribution is 5.93. The Balaban J connectivity index is 1.98. The summed E-state index contributed by atoms with van der Waals surface area (Å²) in [7, 11) is 0. The normalized spacial score (nSPS) is 15.9. The zero-order valence-corrected chi connectivity index (χ0v) is 13.2. The molecule has 0 aliphatic carbocycles. The average molecular weight is 357 g/mol. The number of guanidine groups is 2. The molecule has 6 N–H and O–H groups in total. The molecule has 1 fully saturated rings. The van der Waals surface area contributed by atoms with Crippen LogP contribution in [0.3, 0.4) is 0 Å². The summed E-state index contributed by atoms with van der Waals surface area (Å²) in [5.74, 6) is -2.09. The number of nitrogens with two attached hydrogens (primary N) is 3. The van der Waals surface area contributed by atoms with Crippen LogP contribution < -0.4 is 22.1 Å². The molecule has 0 radical (unpaired) electrons. The van der Waals surface area contributed by atoms with Crippen molar-refractivity contribution in [1.82, 2.24) is 4.90 Å². The van der Waals surface area contributed by atoms with Gasteiger partial charge in [-0.1, -0.05) is 0 Å². The van der Waals surface area contributed by atoms with Crippen molar-refractivity contribution in [2.45, 2.75) is 6.18 Å². The maximum Gasteiger partial charge on any atom is 0.471 e. The molecule has 25 heavy (non-hydrogen) atoms. The van der Waals surface area contributed by atoms with Crippen LogP contribution >= 0.6 is 0 Å². The summed E-state index contributed by atoms with van der Waals surface area (Å²) >= 11 is 0. The first-order valence-corrected chi connectivity index (χ1v) is 7.32. The van der Waals surface area contributed by atoms with Gasteiger partial charge in [-0.2, -0.15) is 18.2 Å². The Hall–Kier alpha value is -2.98. The van der Waals surface area contributed by atoms with Gasteiger partial charge in [0.1, 0.15) is 0 Å². The van der Waals surface area contributed by atoms with Crippen molar-refractivity contribution in [1.29, 1.82) is 0 Å². The monoisotopic (exact) mass is 357 g/mol. The van der Waals surface area contributed by atoms with Crippen LogP contribution in [0.15, 0.2) is 34.3 Å². The topological polar surface area (TPSA) is 126 Å². The standard InChI is InChI=1S/C14H18F3N7O/c15-14(16,17)11(25)24-7-5-23(6-8-24)10-3-1-9(2-4-10)21-13(20)22-12(18)19/h1-4H,5-8H2,(H6,18,19,20,21,22). The van der Waals surface area contributed by atoms with Crippen LogP contribution in [0.2, 0.25) is 0 Å². The van der Waals surface area contributed by atoms with Crippen LogP contribution in [0, 0.1) is 0 Å². The van der Waals surface area contributed by atoms with Crippen molar-refractivity contribution < 1.29 is 18.0 Å². The van der Waals surface area contributed by atoms with Crippen LogP contribution in [0.5, 0.6) is 0 Å². The van der Waals surface area contributed by atoms with Crippen molar-refractivity contribution in [2.75, 3.05) is 31.1 Å². The van der Waals surface area contributed by atoms with Gasteiger partial charge in [0, 0.05) is 31.9 Å². The highest BCUT2D eigenvalue weighted by atomic mass is 19.4. The molecule has 2 rings (SSSR count). The maximum absolute atomic E-state index is 12.4. The Kier molecular flexibility index (Phi) is 5.35. The van der Waals surface area contributed by atoms with E-state index in [-0.39, 0.29) is 25.0 Å². The summed E-state index contributed by atoms with van der Waals surface area (Å²) in [6.07, 6.45) is -4.84. The molecule has 1 saturated heterocycles. The van der Waals surface area contributed by atoms with Gasteiger partial charge < -0.3 is 27.0 Å². The Morgan fingerprint density at radius 3 is 2.04 bits per heavy atom. The lowest BCUT2D eigenvalue weighted by Gasteiger charge is -2.36. The molecule has 0 saturated carbocycles. The Morgan fingerprint density at radius 2 is 1.56 bits per heavy atom. The number of rotatable bonds is 2. The number of aliphatic imine (C=N–C) groups is 2. The van der Waals surface area contributed by atoms with Gasteiger partial charge in [-0.25, -0.2) is 4.99 Å². The zero-order chi connectivity index (χ0) is 18.6. The number of carbonyl (C=O) groups excluding carboxylic acids is 1. The van der Waals surface area contributed by atoms with Crippen molar-refractivity contribution >= 4 is 29.2 Å². The van der Waals surface area contributed by atoms with Crippen molar-refractivity contribution in [3.05, 3.63) is 24.3 Å². The van der Waals surface area contributed by atoms with Crippen LogP contribution in [0.4, 0.5) is 24.5 Å². The van der Waals surface area contributed by atoms with E-state index in [0.717, 1.165) is 10.6 Å². The molecule has 0 bridgehead atoms. The van der Waals surface area contributed by atoms with Gasteiger partial charge in [0.05, 0.1) is 5.69 Å². The van der Waals surface area contributed by atoms with Gasteiger partial charge in [0.15, 0.2) is 5.96 Å². The second-order valence-electron chi connectivity index (χ2n) is 5.30. The second kappa shape index (κ2) is 7.28. The third-order valence-electron chi connectivity index (χ3n) is 3.51. The van der Waals surface area contributed by atoms with Crippen LogP contribution in [0.25, 0.3) is 0 Å². The van der Waals surface area contributed by atoms with Gasteiger partial charge in [0.25, 0.3) is 0 Å². The maximum atomic E-state index is 12.4. The van der Waals surface area contributed by atoms with Gasteiger partial charge >= 0.3 is 12.1 Å². The molecule has 136 valence electrons. The number of amides is 1. The third kappa shape index (κ3) is 4.99. The number of hydrogen-bond acceptors (Lipinski definition) is 3. The fourth-order valence-corrected chi connectivity index (χ4v) is 2.37. The summed E-state index contributed by atoms with van der Waals surface area (Å²) in [6, 6.07) is 6.86. The van der Waals surface area contributed by atoms with E-state index in [2.05, 4.69) is 9.98 Å². The van der Waals surface area contributed by atoms with Gasteiger partial charge in [-0.15, -0.1) is 0 Å². The first-order chi connectivity index (χ1) is 11.7. The van der Waals surface area contributed by atoms with Gasteiger partial charge in [-0.3, -0.25) is 4.79 Å². The van der Waals surface area contributed by atoms with E-state index in [1.54, 1.807) is 24.3 Å². The number of benzene rings is 1. The smallest absolute Gasteiger partial charge is 0.370 e. The summed E-state index contributed by atoms with van der Waals surface area (Å²) in [5, 5.41) is 0. The first-order valence-electron chi connectivity index (χ1n) is 7.32. The van der Waals surface area contributed by atoms with E-state index in [9.17, 15) is 18.0 Å². The minimum Gasteiger partial charge on any atom is -0.370 e. The number of halogens is 3. The van der Waals surface area contributed by atoms with E-state index < -0.39 is 12.1 Å². The Bertz CT molecular complexity index is 673. The molecule has 0 aromatic heterocycles. The second-order valence-corrected chi connectivity index (χ2v) is 5.30. The molecule has 1 aromatic carbocycles.